The van der Waals surface area contributed by atoms with Crippen molar-refractivity contribution in [3.8, 4) is 5.75 Å². The summed E-state index contributed by atoms with van der Waals surface area (Å²) in [5.41, 5.74) is 1.36. The lowest BCUT2D eigenvalue weighted by molar-refractivity contribution is 0.288. The summed E-state index contributed by atoms with van der Waals surface area (Å²) in [6.45, 7) is 0.886. The fourth-order valence-electron chi connectivity index (χ4n) is 2.43. The van der Waals surface area contributed by atoms with Gasteiger partial charge in [-0.1, -0.05) is 66.7 Å². The van der Waals surface area contributed by atoms with E-state index in [-0.39, 0.29) is 0 Å². The van der Waals surface area contributed by atoms with Crippen molar-refractivity contribution in [2.45, 2.75) is 12.8 Å². The number of hydrogen-bond donors (Lipinski definition) is 0. The van der Waals surface area contributed by atoms with Crippen molar-refractivity contribution in [2.24, 2.45) is 0 Å². The van der Waals surface area contributed by atoms with E-state index >= 15 is 0 Å². The van der Waals surface area contributed by atoms with E-state index < -0.39 is 0 Å². The Morgan fingerprint density at radius 3 is 1.80 bits per heavy atom. The fourth-order valence-corrected chi connectivity index (χ4v) is 2.43. The first-order chi connectivity index (χ1) is 9.93. The van der Waals surface area contributed by atoms with Crippen LogP contribution in [0.25, 0.3) is 10.8 Å². The van der Waals surface area contributed by atoms with Gasteiger partial charge >= 0.3 is 0 Å². The predicted molar refractivity (Wildman–Crippen MR) is 84.2 cm³/mol. The highest BCUT2D eigenvalue weighted by Crippen LogP contribution is 2.23. The highest BCUT2D eigenvalue weighted by molar-refractivity contribution is 5.81. The molecule has 0 amide bonds. The summed E-state index contributed by atoms with van der Waals surface area (Å²) in [4.78, 5) is 0. The number of benzene rings is 3. The summed E-state index contributed by atoms with van der Waals surface area (Å²) in [5.74, 6) is 1.08. The van der Waals surface area contributed by atoms with Gasteiger partial charge in [0.05, 0.1) is 6.61 Å². The van der Waals surface area contributed by atoms with E-state index in [1.807, 2.05) is 12.1 Å². The average Bonchev–Trinajstić information content (AvgIpc) is 2.56. The first kappa shape index (κ1) is 12.7. The second kappa shape index (κ2) is 6.25. The SMILES string of the molecule is c1ccc2c(c1)CCCO2.c1ccc2ccccc2c1. The summed E-state index contributed by atoms with van der Waals surface area (Å²) >= 11 is 0. The summed E-state index contributed by atoms with van der Waals surface area (Å²) in [5, 5.41) is 2.62. The first-order valence-corrected chi connectivity index (χ1v) is 7.08. The first-order valence-electron chi connectivity index (χ1n) is 7.08. The van der Waals surface area contributed by atoms with Crippen LogP contribution in [0.15, 0.2) is 72.8 Å². The number of aryl methyl sites for hydroxylation is 1. The van der Waals surface area contributed by atoms with Gasteiger partial charge in [0.1, 0.15) is 5.75 Å². The summed E-state index contributed by atoms with van der Waals surface area (Å²) in [6, 6.07) is 25.0. The lowest BCUT2D eigenvalue weighted by atomic mass is 10.1. The molecular weight excluding hydrogens is 244 g/mol. The normalized spacial score (nSPS) is 12.8. The molecule has 1 aliphatic heterocycles. The third kappa shape index (κ3) is 3.00. The molecule has 4 rings (SSSR count). The number of hydrogen-bond acceptors (Lipinski definition) is 1. The van der Waals surface area contributed by atoms with Crippen molar-refractivity contribution < 1.29 is 4.74 Å². The van der Waals surface area contributed by atoms with E-state index in [0.29, 0.717) is 0 Å². The van der Waals surface area contributed by atoms with Gasteiger partial charge in [0.15, 0.2) is 0 Å². The van der Waals surface area contributed by atoms with Crippen LogP contribution in [0.5, 0.6) is 5.75 Å². The molecule has 0 unspecified atom stereocenters. The second-order valence-electron chi connectivity index (χ2n) is 4.91. The molecule has 0 saturated carbocycles. The molecule has 0 aromatic heterocycles. The molecule has 0 fully saturated rings. The summed E-state index contributed by atoms with van der Waals surface area (Å²) in [7, 11) is 0. The molecule has 3 aromatic carbocycles. The number of ether oxygens (including phenoxy) is 1. The van der Waals surface area contributed by atoms with Gasteiger partial charge in [-0.05, 0) is 35.2 Å². The Hall–Kier alpha value is -2.28. The van der Waals surface area contributed by atoms with Crippen molar-refractivity contribution in [3.63, 3.8) is 0 Å². The molecule has 1 heteroatoms. The van der Waals surface area contributed by atoms with Crippen LogP contribution in [0.2, 0.25) is 0 Å². The molecule has 100 valence electrons. The van der Waals surface area contributed by atoms with Crippen molar-refractivity contribution in [1.29, 1.82) is 0 Å². The highest BCUT2D eigenvalue weighted by Gasteiger charge is 2.06. The molecule has 1 nitrogen and oxygen atoms in total. The minimum Gasteiger partial charge on any atom is -0.493 e. The van der Waals surface area contributed by atoms with Gasteiger partial charge in [-0.15, -0.1) is 0 Å². The van der Waals surface area contributed by atoms with Crippen molar-refractivity contribution >= 4 is 10.8 Å². The number of rotatable bonds is 0. The Kier molecular flexibility index (Phi) is 3.98. The molecule has 0 radical (unpaired) electrons. The van der Waals surface area contributed by atoms with Crippen molar-refractivity contribution in [3.05, 3.63) is 78.4 Å². The third-order valence-electron chi connectivity index (χ3n) is 3.48. The minimum atomic E-state index is 0.886. The van der Waals surface area contributed by atoms with Gasteiger partial charge in [-0.2, -0.15) is 0 Å². The van der Waals surface area contributed by atoms with E-state index in [4.69, 9.17) is 4.74 Å². The van der Waals surface area contributed by atoms with Gasteiger partial charge in [-0.3, -0.25) is 0 Å². The Morgan fingerprint density at radius 2 is 1.20 bits per heavy atom. The van der Waals surface area contributed by atoms with E-state index in [1.54, 1.807) is 0 Å². The molecular formula is C19H18O. The molecule has 1 heterocycles. The van der Waals surface area contributed by atoms with Crippen molar-refractivity contribution in [2.75, 3.05) is 6.61 Å². The topological polar surface area (TPSA) is 9.23 Å². The summed E-state index contributed by atoms with van der Waals surface area (Å²) in [6.07, 6.45) is 2.34. The lowest BCUT2D eigenvalue weighted by Crippen LogP contribution is -2.07. The quantitative estimate of drug-likeness (QED) is 0.562. The standard InChI is InChI=1S/C10H8.C9H10O/c1-2-6-10-8-4-3-7-9(10)5-1;1-2-6-9-8(4-1)5-3-7-10-9/h1-8H;1-2,4,6H,3,5,7H2. The van der Waals surface area contributed by atoms with E-state index in [0.717, 1.165) is 18.8 Å². The van der Waals surface area contributed by atoms with E-state index in [1.165, 1.54) is 22.8 Å². The van der Waals surface area contributed by atoms with E-state index in [2.05, 4.69) is 60.7 Å². The zero-order valence-corrected chi connectivity index (χ0v) is 11.5. The van der Waals surface area contributed by atoms with Crippen LogP contribution in [0, 0.1) is 0 Å². The lowest BCUT2D eigenvalue weighted by Gasteiger charge is -2.15. The van der Waals surface area contributed by atoms with Crippen LogP contribution in [0.4, 0.5) is 0 Å². The monoisotopic (exact) mass is 262 g/mol. The van der Waals surface area contributed by atoms with Gasteiger partial charge in [0.2, 0.25) is 0 Å². The van der Waals surface area contributed by atoms with Gasteiger partial charge < -0.3 is 4.74 Å². The Balaban J connectivity index is 0.000000121. The Labute approximate surface area is 119 Å². The van der Waals surface area contributed by atoms with Gasteiger partial charge in [0, 0.05) is 0 Å². The maximum Gasteiger partial charge on any atom is 0.122 e. The van der Waals surface area contributed by atoms with E-state index in [9.17, 15) is 0 Å². The smallest absolute Gasteiger partial charge is 0.122 e. The van der Waals surface area contributed by atoms with Gasteiger partial charge in [-0.25, -0.2) is 0 Å². The fraction of sp³-hybridized carbons (Fsp3) is 0.158. The van der Waals surface area contributed by atoms with Crippen LogP contribution >= 0.6 is 0 Å². The molecule has 0 aliphatic carbocycles. The minimum absolute atomic E-state index is 0.886. The zero-order valence-electron chi connectivity index (χ0n) is 11.5. The average molecular weight is 262 g/mol. The maximum absolute atomic E-state index is 5.42. The predicted octanol–water partition coefficient (Wildman–Crippen LogP) is 4.85. The molecule has 3 aromatic rings. The van der Waals surface area contributed by atoms with Crippen molar-refractivity contribution in [1.82, 2.24) is 0 Å². The second-order valence-corrected chi connectivity index (χ2v) is 4.91. The maximum atomic E-state index is 5.42. The van der Waals surface area contributed by atoms with Crippen LogP contribution in [-0.2, 0) is 6.42 Å². The molecule has 1 aliphatic rings. The van der Waals surface area contributed by atoms with Crippen LogP contribution in [0.1, 0.15) is 12.0 Å². The van der Waals surface area contributed by atoms with Gasteiger partial charge in [0.25, 0.3) is 0 Å². The zero-order chi connectivity index (χ0) is 13.6. The van der Waals surface area contributed by atoms with Crippen LogP contribution < -0.4 is 4.74 Å². The molecule has 20 heavy (non-hydrogen) atoms. The summed E-state index contributed by atoms with van der Waals surface area (Å²) < 4.78 is 5.42. The third-order valence-corrected chi connectivity index (χ3v) is 3.48. The Morgan fingerprint density at radius 1 is 0.650 bits per heavy atom. The molecule has 0 atom stereocenters. The largest absolute Gasteiger partial charge is 0.493 e. The molecule has 0 saturated heterocycles. The molecule has 0 bridgehead atoms. The highest BCUT2D eigenvalue weighted by atomic mass is 16.5. The molecule has 0 spiro atoms. The van der Waals surface area contributed by atoms with Crippen LogP contribution in [0.3, 0.4) is 0 Å². The Bertz CT molecular complexity index is 597. The molecule has 0 N–H and O–H groups in total. The number of para-hydroxylation sites is 1. The number of fused-ring (bicyclic) bond motifs is 2. The van der Waals surface area contributed by atoms with Crippen LogP contribution in [-0.4, -0.2) is 6.61 Å².